The quantitative estimate of drug-likeness (QED) is 0.545. The summed E-state index contributed by atoms with van der Waals surface area (Å²) in [7, 11) is -2.57. The molecule has 0 fully saturated rings. The molecule has 0 radical (unpaired) electrons. The van der Waals surface area contributed by atoms with E-state index in [0.29, 0.717) is 18.1 Å². The number of nitrogens with one attached hydrogen (secondary N) is 2. The molecule has 0 spiro atoms. The van der Waals surface area contributed by atoms with Gasteiger partial charge in [-0.1, -0.05) is 6.07 Å². The third-order valence-corrected chi connectivity index (χ3v) is 6.09. The van der Waals surface area contributed by atoms with Crippen molar-refractivity contribution >= 4 is 33.3 Å². The Kier molecular flexibility index (Phi) is 6.78. The van der Waals surface area contributed by atoms with Crippen LogP contribution in [-0.4, -0.2) is 52.9 Å². The van der Waals surface area contributed by atoms with Gasteiger partial charge in [-0.25, -0.2) is 13.1 Å². The summed E-state index contributed by atoms with van der Waals surface area (Å²) >= 11 is 0. The van der Waals surface area contributed by atoms with Crippen molar-refractivity contribution in [3.05, 3.63) is 66.6 Å². The summed E-state index contributed by atoms with van der Waals surface area (Å²) in [4.78, 5) is 27.8. The lowest BCUT2D eigenvalue weighted by Crippen LogP contribution is -2.35. The molecule has 0 aliphatic rings. The fourth-order valence-electron chi connectivity index (χ4n) is 2.77. The maximum Gasteiger partial charge on any atom is 0.243 e. The number of anilines is 2. The maximum absolute atomic E-state index is 12.7. The molecule has 2 aromatic heterocycles. The molecule has 0 saturated carbocycles. The van der Waals surface area contributed by atoms with Crippen LogP contribution in [0, 0.1) is 0 Å². The summed E-state index contributed by atoms with van der Waals surface area (Å²) in [6.45, 7) is 1.34. The van der Waals surface area contributed by atoms with E-state index in [1.807, 2.05) is 12.1 Å². The monoisotopic (exact) mass is 442 g/mol. The first-order valence-corrected chi connectivity index (χ1v) is 10.8. The molecule has 3 aromatic rings. The van der Waals surface area contributed by atoms with Crippen molar-refractivity contribution in [1.29, 1.82) is 0 Å². The third-order valence-electron chi connectivity index (χ3n) is 4.27. The number of amides is 2. The maximum atomic E-state index is 12.7. The van der Waals surface area contributed by atoms with Crippen LogP contribution in [0.4, 0.5) is 11.5 Å². The van der Waals surface area contributed by atoms with Crippen molar-refractivity contribution in [2.75, 3.05) is 24.2 Å². The summed E-state index contributed by atoms with van der Waals surface area (Å²) in [5.41, 5.74) is 1.25. The normalized spacial score (nSPS) is 11.3. The van der Waals surface area contributed by atoms with Gasteiger partial charge < -0.3 is 10.6 Å². The molecule has 10 nitrogen and oxygen atoms in total. The van der Waals surface area contributed by atoms with Gasteiger partial charge in [-0.2, -0.15) is 9.40 Å². The standard InChI is InChI=1S/C20H22N6O4S/c1-15(27)23-16-6-8-18(9-7-16)31(29,30)25(2)14-20(28)24-19-10-12-22-26(19)13-17-5-3-4-11-21-17/h3-12H,13-14H2,1-2H3,(H,23,27)(H,24,28). The number of likely N-dealkylation sites (N-methyl/N-ethyl adjacent to an activating group) is 1. The van der Waals surface area contributed by atoms with E-state index in [4.69, 9.17) is 0 Å². The van der Waals surface area contributed by atoms with Crippen LogP contribution in [-0.2, 0) is 26.2 Å². The molecule has 0 unspecified atom stereocenters. The molecule has 31 heavy (non-hydrogen) atoms. The first kappa shape index (κ1) is 22.1. The van der Waals surface area contributed by atoms with Gasteiger partial charge in [0.1, 0.15) is 5.82 Å². The Morgan fingerprint density at radius 2 is 1.77 bits per heavy atom. The number of hydrogen-bond donors (Lipinski definition) is 2. The molecule has 2 N–H and O–H groups in total. The van der Waals surface area contributed by atoms with E-state index in [9.17, 15) is 18.0 Å². The predicted molar refractivity (Wildman–Crippen MR) is 115 cm³/mol. The number of rotatable bonds is 8. The zero-order valence-electron chi connectivity index (χ0n) is 17.0. The number of pyridine rings is 1. The zero-order chi connectivity index (χ0) is 22.4. The highest BCUT2D eigenvalue weighted by Crippen LogP contribution is 2.18. The number of hydrogen-bond acceptors (Lipinski definition) is 6. The van der Waals surface area contributed by atoms with Gasteiger partial charge in [0.25, 0.3) is 0 Å². The number of benzene rings is 1. The number of nitrogens with zero attached hydrogens (tertiary/aromatic N) is 4. The van der Waals surface area contributed by atoms with Crippen molar-refractivity contribution in [3.8, 4) is 0 Å². The zero-order valence-corrected chi connectivity index (χ0v) is 17.8. The second kappa shape index (κ2) is 9.49. The molecule has 3 rings (SSSR count). The highest BCUT2D eigenvalue weighted by atomic mass is 32.2. The van der Waals surface area contributed by atoms with Gasteiger partial charge in [0.2, 0.25) is 21.8 Å². The van der Waals surface area contributed by atoms with Gasteiger partial charge in [-0.3, -0.25) is 14.6 Å². The van der Waals surface area contributed by atoms with Crippen molar-refractivity contribution in [3.63, 3.8) is 0 Å². The molecular formula is C20H22N6O4S. The van der Waals surface area contributed by atoms with Crippen LogP contribution in [0.1, 0.15) is 12.6 Å². The first-order valence-electron chi connectivity index (χ1n) is 9.31. The van der Waals surface area contributed by atoms with Gasteiger partial charge >= 0.3 is 0 Å². The fourth-order valence-corrected chi connectivity index (χ4v) is 3.90. The van der Waals surface area contributed by atoms with Crippen molar-refractivity contribution in [1.82, 2.24) is 19.1 Å². The SMILES string of the molecule is CC(=O)Nc1ccc(S(=O)(=O)N(C)CC(=O)Nc2ccnn2Cc2ccccn2)cc1. The minimum Gasteiger partial charge on any atom is -0.326 e. The topological polar surface area (TPSA) is 126 Å². The minimum atomic E-state index is -3.89. The van der Waals surface area contributed by atoms with Crippen LogP contribution < -0.4 is 10.6 Å². The van der Waals surface area contributed by atoms with Gasteiger partial charge in [0, 0.05) is 31.9 Å². The van der Waals surface area contributed by atoms with Crippen molar-refractivity contribution < 1.29 is 18.0 Å². The molecule has 0 saturated heterocycles. The molecule has 162 valence electrons. The lowest BCUT2D eigenvalue weighted by atomic mass is 10.3. The van der Waals surface area contributed by atoms with E-state index in [2.05, 4.69) is 20.7 Å². The van der Waals surface area contributed by atoms with Crippen LogP contribution in [0.5, 0.6) is 0 Å². The smallest absolute Gasteiger partial charge is 0.243 e. The molecule has 11 heteroatoms. The third kappa shape index (κ3) is 5.74. The molecule has 0 bridgehead atoms. The lowest BCUT2D eigenvalue weighted by molar-refractivity contribution is -0.116. The predicted octanol–water partition coefficient (Wildman–Crippen LogP) is 1.54. The molecule has 0 aliphatic heterocycles. The van der Waals surface area contributed by atoms with Gasteiger partial charge in [-0.05, 0) is 36.4 Å². The summed E-state index contributed by atoms with van der Waals surface area (Å²) in [5.74, 6) is -0.337. The Balaban J connectivity index is 1.64. The highest BCUT2D eigenvalue weighted by molar-refractivity contribution is 7.89. The van der Waals surface area contributed by atoms with E-state index >= 15 is 0 Å². The van der Waals surface area contributed by atoms with Crippen LogP contribution in [0.25, 0.3) is 0 Å². The fraction of sp³-hybridized carbons (Fsp3) is 0.200. The highest BCUT2D eigenvalue weighted by Gasteiger charge is 2.23. The number of carbonyl (C=O) groups excluding carboxylic acids is 2. The van der Waals surface area contributed by atoms with E-state index in [1.165, 1.54) is 44.4 Å². The second-order valence-corrected chi connectivity index (χ2v) is 8.75. The van der Waals surface area contributed by atoms with Gasteiger partial charge in [0.05, 0.1) is 29.9 Å². The number of carbonyl (C=O) groups is 2. The van der Waals surface area contributed by atoms with Crippen LogP contribution in [0.2, 0.25) is 0 Å². The van der Waals surface area contributed by atoms with Crippen molar-refractivity contribution in [2.24, 2.45) is 0 Å². The van der Waals surface area contributed by atoms with Gasteiger partial charge in [-0.15, -0.1) is 0 Å². The molecular weight excluding hydrogens is 420 g/mol. The van der Waals surface area contributed by atoms with E-state index in [-0.39, 0.29) is 17.3 Å². The second-order valence-electron chi connectivity index (χ2n) is 6.71. The molecule has 1 aromatic carbocycles. The Morgan fingerprint density at radius 3 is 2.42 bits per heavy atom. The van der Waals surface area contributed by atoms with Crippen LogP contribution >= 0.6 is 0 Å². The van der Waals surface area contributed by atoms with Crippen LogP contribution in [0.15, 0.2) is 65.8 Å². The lowest BCUT2D eigenvalue weighted by Gasteiger charge is -2.17. The Labute approximate surface area is 180 Å². The molecule has 2 heterocycles. The average Bonchev–Trinajstić information content (AvgIpc) is 3.15. The Hall–Kier alpha value is -3.57. The van der Waals surface area contributed by atoms with Gasteiger partial charge in [0.15, 0.2) is 0 Å². The summed E-state index contributed by atoms with van der Waals surface area (Å²) in [5, 5.41) is 9.41. The molecule has 0 aliphatic carbocycles. The Bertz CT molecular complexity index is 1160. The summed E-state index contributed by atoms with van der Waals surface area (Å²) < 4.78 is 28.0. The van der Waals surface area contributed by atoms with E-state index < -0.39 is 15.9 Å². The van der Waals surface area contributed by atoms with E-state index in [0.717, 1.165) is 10.00 Å². The minimum absolute atomic E-state index is 0.0112. The van der Waals surface area contributed by atoms with E-state index in [1.54, 1.807) is 23.0 Å². The molecule has 0 atom stereocenters. The number of sulfonamides is 1. The Morgan fingerprint density at radius 1 is 1.03 bits per heavy atom. The summed E-state index contributed by atoms with van der Waals surface area (Å²) in [6.07, 6.45) is 3.20. The average molecular weight is 443 g/mol. The number of aromatic nitrogens is 3. The largest absolute Gasteiger partial charge is 0.326 e. The first-order chi connectivity index (χ1) is 14.8. The van der Waals surface area contributed by atoms with Crippen LogP contribution in [0.3, 0.4) is 0 Å². The molecule has 2 amide bonds. The summed E-state index contributed by atoms with van der Waals surface area (Å²) in [6, 6.07) is 12.8. The van der Waals surface area contributed by atoms with Crippen molar-refractivity contribution in [2.45, 2.75) is 18.4 Å².